The van der Waals surface area contributed by atoms with Crippen molar-refractivity contribution in [3.63, 3.8) is 0 Å². The van der Waals surface area contributed by atoms with Crippen molar-refractivity contribution in [3.05, 3.63) is 92.1 Å². The monoisotopic (exact) mass is 498 g/mol. The van der Waals surface area contributed by atoms with Crippen molar-refractivity contribution < 1.29 is 4.74 Å². The van der Waals surface area contributed by atoms with E-state index in [9.17, 15) is 9.59 Å². The molecule has 0 saturated heterocycles. The van der Waals surface area contributed by atoms with Crippen LogP contribution < -0.4 is 16.0 Å². The second-order valence-electron chi connectivity index (χ2n) is 9.33. The highest BCUT2D eigenvalue weighted by molar-refractivity contribution is 7.22. The molecule has 0 aliphatic heterocycles. The van der Waals surface area contributed by atoms with Crippen molar-refractivity contribution >= 4 is 21.6 Å². The number of fused-ring (bicyclic) bond motifs is 2. The molecule has 5 aromatic rings. The lowest BCUT2D eigenvalue weighted by Gasteiger charge is -2.11. The van der Waals surface area contributed by atoms with E-state index in [-0.39, 0.29) is 11.2 Å². The number of nitrogens with zero attached hydrogens (tertiary/aromatic N) is 4. The highest BCUT2D eigenvalue weighted by Gasteiger charge is 2.22. The molecule has 7 nitrogen and oxygen atoms in total. The first-order valence-electron chi connectivity index (χ1n) is 11.9. The third kappa shape index (κ3) is 3.36. The van der Waals surface area contributed by atoms with E-state index in [0.29, 0.717) is 21.7 Å². The van der Waals surface area contributed by atoms with Gasteiger partial charge in [0, 0.05) is 18.1 Å². The van der Waals surface area contributed by atoms with Crippen LogP contribution in [0.1, 0.15) is 28.8 Å². The van der Waals surface area contributed by atoms with Gasteiger partial charge in [0.1, 0.15) is 10.6 Å². The number of hydrogen-bond acceptors (Lipinski definition) is 5. The Morgan fingerprint density at radius 1 is 1.03 bits per heavy atom. The molecule has 0 spiro atoms. The molecule has 2 aromatic carbocycles. The number of ether oxygens (including phenoxy) is 1. The van der Waals surface area contributed by atoms with E-state index in [2.05, 4.69) is 11.1 Å². The molecule has 0 atom stereocenters. The standard InChI is InChI=1S/C28H26N4O3S/c1-16-14-31(15-29-16)22-11-9-20(13-23(22)35-4)25-17(2)24-26(33)32(28(34)30(3)27(24)36-25)21-10-8-18-6-5-7-19(18)12-21/h8-15H,5-7H2,1-4H3. The molecule has 6 rings (SSSR count). The lowest BCUT2D eigenvalue weighted by molar-refractivity contribution is 0.413. The Balaban J connectivity index is 1.53. The summed E-state index contributed by atoms with van der Waals surface area (Å²) in [6.45, 7) is 3.89. The Hall–Kier alpha value is -3.91. The molecule has 1 aliphatic rings. The molecule has 36 heavy (non-hydrogen) atoms. The topological polar surface area (TPSA) is 71.0 Å². The fraction of sp³-hybridized carbons (Fsp3) is 0.250. The van der Waals surface area contributed by atoms with Crippen LogP contribution in [0, 0.1) is 13.8 Å². The number of rotatable bonds is 4. The van der Waals surface area contributed by atoms with Crippen LogP contribution in [-0.4, -0.2) is 25.8 Å². The average Bonchev–Trinajstić information content (AvgIpc) is 3.60. The van der Waals surface area contributed by atoms with Crippen LogP contribution in [-0.2, 0) is 19.9 Å². The highest BCUT2D eigenvalue weighted by atomic mass is 32.1. The summed E-state index contributed by atoms with van der Waals surface area (Å²) >= 11 is 1.46. The van der Waals surface area contributed by atoms with Gasteiger partial charge in [-0.25, -0.2) is 14.3 Å². The molecule has 0 N–H and O–H groups in total. The van der Waals surface area contributed by atoms with Gasteiger partial charge in [-0.1, -0.05) is 12.1 Å². The molecule has 182 valence electrons. The summed E-state index contributed by atoms with van der Waals surface area (Å²) in [5, 5.41) is 0.575. The molecular weight excluding hydrogens is 472 g/mol. The zero-order chi connectivity index (χ0) is 25.1. The third-order valence-electron chi connectivity index (χ3n) is 7.10. The number of aryl methyl sites for hydroxylation is 5. The zero-order valence-electron chi connectivity index (χ0n) is 20.7. The van der Waals surface area contributed by atoms with E-state index in [0.717, 1.165) is 46.6 Å². The normalized spacial score (nSPS) is 12.9. The fourth-order valence-electron chi connectivity index (χ4n) is 5.21. The first kappa shape index (κ1) is 22.5. The van der Waals surface area contributed by atoms with Crippen LogP contribution >= 0.6 is 11.3 Å². The Morgan fingerprint density at radius 2 is 1.83 bits per heavy atom. The molecular formula is C28H26N4O3S. The van der Waals surface area contributed by atoms with Gasteiger partial charge in [0.05, 0.1) is 35.9 Å². The minimum Gasteiger partial charge on any atom is -0.495 e. The van der Waals surface area contributed by atoms with Gasteiger partial charge < -0.3 is 9.30 Å². The average molecular weight is 499 g/mol. The largest absolute Gasteiger partial charge is 0.495 e. The van der Waals surface area contributed by atoms with Gasteiger partial charge in [-0.05, 0) is 79.6 Å². The minimum absolute atomic E-state index is 0.275. The molecule has 1 aliphatic carbocycles. The van der Waals surface area contributed by atoms with Crippen LogP contribution in [0.3, 0.4) is 0 Å². The Bertz CT molecular complexity index is 1790. The summed E-state index contributed by atoms with van der Waals surface area (Å²) in [5.41, 5.74) is 6.16. The molecule has 0 unspecified atom stereocenters. The van der Waals surface area contributed by atoms with Gasteiger partial charge in [0.15, 0.2) is 0 Å². The first-order valence-corrected chi connectivity index (χ1v) is 12.8. The second-order valence-corrected chi connectivity index (χ2v) is 10.3. The summed E-state index contributed by atoms with van der Waals surface area (Å²) < 4.78 is 10.5. The van der Waals surface area contributed by atoms with Gasteiger partial charge in [0.25, 0.3) is 5.56 Å². The van der Waals surface area contributed by atoms with Crippen molar-refractivity contribution in [1.29, 1.82) is 0 Å². The molecule has 0 radical (unpaired) electrons. The smallest absolute Gasteiger partial charge is 0.336 e. The van der Waals surface area contributed by atoms with Crippen molar-refractivity contribution in [2.45, 2.75) is 33.1 Å². The van der Waals surface area contributed by atoms with Crippen molar-refractivity contribution in [2.24, 2.45) is 7.05 Å². The summed E-state index contributed by atoms with van der Waals surface area (Å²) in [5.74, 6) is 0.700. The summed E-state index contributed by atoms with van der Waals surface area (Å²) in [7, 11) is 3.38. The lowest BCUT2D eigenvalue weighted by atomic mass is 10.1. The van der Waals surface area contributed by atoms with Crippen LogP contribution in [0.25, 0.3) is 32.0 Å². The Kier molecular flexibility index (Phi) is 5.22. The maximum atomic E-state index is 13.8. The summed E-state index contributed by atoms with van der Waals surface area (Å²) in [6, 6.07) is 11.9. The predicted molar refractivity (Wildman–Crippen MR) is 143 cm³/mol. The van der Waals surface area contributed by atoms with Crippen molar-refractivity contribution in [1.82, 2.24) is 18.7 Å². The zero-order valence-corrected chi connectivity index (χ0v) is 21.5. The molecule has 8 heteroatoms. The maximum Gasteiger partial charge on any atom is 0.336 e. The van der Waals surface area contributed by atoms with E-state index in [1.807, 2.05) is 54.9 Å². The van der Waals surface area contributed by atoms with Crippen molar-refractivity contribution in [2.75, 3.05) is 7.11 Å². The molecule has 3 heterocycles. The van der Waals surface area contributed by atoms with Crippen LogP contribution in [0.2, 0.25) is 0 Å². The Labute approximate surface area is 211 Å². The van der Waals surface area contributed by atoms with E-state index >= 15 is 0 Å². The molecule has 0 saturated carbocycles. The number of hydrogen-bond donors (Lipinski definition) is 0. The molecule has 0 bridgehead atoms. The van der Waals surface area contributed by atoms with E-state index in [1.165, 1.54) is 27.0 Å². The number of benzene rings is 2. The molecule has 3 aromatic heterocycles. The van der Waals surface area contributed by atoms with E-state index < -0.39 is 0 Å². The van der Waals surface area contributed by atoms with Crippen LogP contribution in [0.5, 0.6) is 5.75 Å². The maximum absolute atomic E-state index is 13.8. The van der Waals surface area contributed by atoms with Crippen LogP contribution in [0.15, 0.2) is 58.5 Å². The van der Waals surface area contributed by atoms with Gasteiger partial charge in [-0.15, -0.1) is 11.3 Å². The number of thiophene rings is 1. The first-order chi connectivity index (χ1) is 17.4. The van der Waals surface area contributed by atoms with Gasteiger partial charge in [-0.3, -0.25) is 9.36 Å². The third-order valence-corrected chi connectivity index (χ3v) is 8.52. The van der Waals surface area contributed by atoms with Gasteiger partial charge >= 0.3 is 5.69 Å². The fourth-order valence-corrected chi connectivity index (χ4v) is 6.46. The lowest BCUT2D eigenvalue weighted by Crippen LogP contribution is -2.37. The second kappa shape index (κ2) is 8.34. The summed E-state index contributed by atoms with van der Waals surface area (Å²) in [4.78, 5) is 33.0. The summed E-state index contributed by atoms with van der Waals surface area (Å²) in [6.07, 6.45) is 6.85. The number of imidazole rings is 1. The SMILES string of the molecule is COc1cc(-c2sc3c(c2C)c(=O)n(-c2ccc4c(c2)CCC4)c(=O)n3C)ccc1-n1cnc(C)c1. The van der Waals surface area contributed by atoms with E-state index in [4.69, 9.17) is 4.74 Å². The quantitative estimate of drug-likeness (QED) is 0.360. The minimum atomic E-state index is -0.332. The van der Waals surface area contributed by atoms with Crippen LogP contribution in [0.4, 0.5) is 0 Å². The highest BCUT2D eigenvalue weighted by Crippen LogP contribution is 2.39. The van der Waals surface area contributed by atoms with Gasteiger partial charge in [0.2, 0.25) is 0 Å². The molecule has 0 amide bonds. The number of methoxy groups -OCH3 is 1. The van der Waals surface area contributed by atoms with E-state index in [1.54, 1.807) is 25.1 Å². The molecule has 0 fully saturated rings. The van der Waals surface area contributed by atoms with Gasteiger partial charge in [-0.2, -0.15) is 0 Å². The number of aromatic nitrogens is 4. The predicted octanol–water partition coefficient (Wildman–Crippen LogP) is 4.72. The van der Waals surface area contributed by atoms with Crippen molar-refractivity contribution in [3.8, 4) is 27.6 Å². The Morgan fingerprint density at radius 3 is 2.58 bits per heavy atom.